The van der Waals surface area contributed by atoms with E-state index in [0.717, 1.165) is 19.3 Å². The zero-order valence-electron chi connectivity index (χ0n) is 7.02. The molecule has 10 heavy (non-hydrogen) atoms. The average Bonchev–Trinajstić information content (AvgIpc) is 1.59. The van der Waals surface area contributed by atoms with Gasteiger partial charge in [-0.05, 0) is 19.8 Å². The van der Waals surface area contributed by atoms with Gasteiger partial charge in [-0.25, -0.2) is 0 Å². The van der Waals surface area contributed by atoms with Crippen molar-refractivity contribution in [2.24, 2.45) is 0 Å². The number of halogens is 1. The number of alkyl halides is 1. The summed E-state index contributed by atoms with van der Waals surface area (Å²) in [6, 6.07) is 0. The molecule has 0 radical (unpaired) electrons. The van der Waals surface area contributed by atoms with Gasteiger partial charge in [0.1, 0.15) is 0 Å². The maximum absolute atomic E-state index is 9.65. The van der Waals surface area contributed by atoms with Gasteiger partial charge in [0.05, 0.1) is 5.60 Å². The van der Waals surface area contributed by atoms with Gasteiger partial charge in [-0.1, -0.05) is 36.2 Å². The van der Waals surface area contributed by atoms with Crippen LogP contribution in [0.1, 0.15) is 40.0 Å². The highest BCUT2D eigenvalue weighted by Crippen LogP contribution is 2.21. The Morgan fingerprint density at radius 3 is 2.40 bits per heavy atom. The van der Waals surface area contributed by atoms with Crippen molar-refractivity contribution >= 4 is 15.9 Å². The van der Waals surface area contributed by atoms with Crippen LogP contribution in [0.2, 0.25) is 0 Å². The van der Waals surface area contributed by atoms with E-state index in [1.165, 1.54) is 0 Å². The highest BCUT2D eigenvalue weighted by atomic mass is 79.9. The molecule has 1 nitrogen and oxygen atoms in total. The molecule has 0 bridgehead atoms. The zero-order chi connectivity index (χ0) is 8.20. The van der Waals surface area contributed by atoms with Crippen molar-refractivity contribution in [2.45, 2.75) is 50.5 Å². The number of hydrogen-bond donors (Lipinski definition) is 1. The van der Waals surface area contributed by atoms with Gasteiger partial charge in [0.25, 0.3) is 0 Å². The SMILES string of the molecule is CCCC(C)(O)CC(C)Br. The van der Waals surface area contributed by atoms with Crippen LogP contribution in [0.15, 0.2) is 0 Å². The lowest BCUT2D eigenvalue weighted by molar-refractivity contribution is 0.0425. The minimum absolute atomic E-state index is 0.411. The van der Waals surface area contributed by atoms with Crippen LogP contribution in [0.4, 0.5) is 0 Å². The van der Waals surface area contributed by atoms with Gasteiger partial charge >= 0.3 is 0 Å². The maximum Gasteiger partial charge on any atom is 0.0630 e. The summed E-state index contributed by atoms with van der Waals surface area (Å²) in [6.07, 6.45) is 2.77. The second-order valence-corrected chi connectivity index (χ2v) is 4.79. The molecule has 0 aromatic heterocycles. The molecule has 2 atom stereocenters. The maximum atomic E-state index is 9.65. The third-order valence-electron chi connectivity index (χ3n) is 1.51. The molecule has 0 aliphatic heterocycles. The quantitative estimate of drug-likeness (QED) is 0.706. The van der Waals surface area contributed by atoms with Gasteiger partial charge in [0.2, 0.25) is 0 Å². The fourth-order valence-electron chi connectivity index (χ4n) is 1.25. The summed E-state index contributed by atoms with van der Waals surface area (Å²) in [6.45, 7) is 6.05. The van der Waals surface area contributed by atoms with E-state index >= 15 is 0 Å². The van der Waals surface area contributed by atoms with Crippen LogP contribution < -0.4 is 0 Å². The summed E-state index contributed by atoms with van der Waals surface area (Å²) >= 11 is 3.42. The highest BCUT2D eigenvalue weighted by Gasteiger charge is 2.20. The summed E-state index contributed by atoms with van der Waals surface area (Å²) in [7, 11) is 0. The first-order valence-electron chi connectivity index (χ1n) is 3.84. The van der Waals surface area contributed by atoms with E-state index in [-0.39, 0.29) is 0 Å². The second kappa shape index (κ2) is 4.35. The van der Waals surface area contributed by atoms with E-state index in [9.17, 15) is 5.11 Å². The van der Waals surface area contributed by atoms with Crippen molar-refractivity contribution in [3.8, 4) is 0 Å². The van der Waals surface area contributed by atoms with Crippen molar-refractivity contribution in [2.75, 3.05) is 0 Å². The van der Waals surface area contributed by atoms with Crippen LogP contribution in [0.3, 0.4) is 0 Å². The molecule has 0 saturated heterocycles. The Kier molecular flexibility index (Phi) is 4.54. The molecule has 0 rings (SSSR count). The van der Waals surface area contributed by atoms with Crippen LogP contribution in [0.25, 0.3) is 0 Å². The normalized spacial score (nSPS) is 20.1. The van der Waals surface area contributed by atoms with Crippen LogP contribution in [-0.2, 0) is 0 Å². The van der Waals surface area contributed by atoms with Crippen molar-refractivity contribution in [3.05, 3.63) is 0 Å². The van der Waals surface area contributed by atoms with E-state index in [1.54, 1.807) is 0 Å². The molecular formula is C8H17BrO. The predicted molar refractivity (Wildman–Crippen MR) is 48.5 cm³/mol. The highest BCUT2D eigenvalue weighted by molar-refractivity contribution is 9.09. The minimum atomic E-state index is -0.475. The number of hydrogen-bond acceptors (Lipinski definition) is 1. The Morgan fingerprint density at radius 2 is 2.10 bits per heavy atom. The van der Waals surface area contributed by atoms with Gasteiger partial charge in [0, 0.05) is 4.83 Å². The largest absolute Gasteiger partial charge is 0.390 e. The van der Waals surface area contributed by atoms with Gasteiger partial charge in [0.15, 0.2) is 0 Å². The van der Waals surface area contributed by atoms with Crippen LogP contribution in [0.5, 0.6) is 0 Å². The fourth-order valence-corrected chi connectivity index (χ4v) is 1.94. The van der Waals surface area contributed by atoms with Gasteiger partial charge in [-0.15, -0.1) is 0 Å². The summed E-state index contributed by atoms with van der Waals surface area (Å²) < 4.78 is 0. The molecule has 2 unspecified atom stereocenters. The van der Waals surface area contributed by atoms with Crippen molar-refractivity contribution < 1.29 is 5.11 Å². The fraction of sp³-hybridized carbons (Fsp3) is 1.00. The van der Waals surface area contributed by atoms with Gasteiger partial charge in [-0.3, -0.25) is 0 Å². The standard InChI is InChI=1S/C8H17BrO/c1-4-5-8(3,10)6-7(2)9/h7,10H,4-6H2,1-3H3. The lowest BCUT2D eigenvalue weighted by Gasteiger charge is -2.23. The molecule has 0 amide bonds. The van der Waals surface area contributed by atoms with Gasteiger partial charge in [-0.2, -0.15) is 0 Å². The first-order chi connectivity index (χ1) is 4.48. The Labute approximate surface area is 72.0 Å². The Hall–Kier alpha value is 0.440. The Morgan fingerprint density at radius 1 is 1.60 bits per heavy atom. The van der Waals surface area contributed by atoms with Gasteiger partial charge < -0.3 is 5.11 Å². The van der Waals surface area contributed by atoms with Crippen molar-refractivity contribution in [1.82, 2.24) is 0 Å². The lowest BCUT2D eigenvalue weighted by atomic mass is 9.95. The summed E-state index contributed by atoms with van der Waals surface area (Å²) in [4.78, 5) is 0.411. The summed E-state index contributed by atoms with van der Waals surface area (Å²) in [5, 5.41) is 9.65. The summed E-state index contributed by atoms with van der Waals surface area (Å²) in [5.74, 6) is 0. The minimum Gasteiger partial charge on any atom is -0.390 e. The first kappa shape index (κ1) is 10.4. The molecule has 0 fully saturated rings. The average molecular weight is 209 g/mol. The van der Waals surface area contributed by atoms with E-state index in [1.807, 2.05) is 6.92 Å². The molecule has 0 aromatic carbocycles. The topological polar surface area (TPSA) is 20.2 Å². The molecule has 1 N–H and O–H groups in total. The predicted octanol–water partition coefficient (Wildman–Crippen LogP) is 2.71. The van der Waals surface area contributed by atoms with Crippen molar-refractivity contribution in [1.29, 1.82) is 0 Å². The van der Waals surface area contributed by atoms with E-state index in [4.69, 9.17) is 0 Å². The first-order valence-corrected chi connectivity index (χ1v) is 4.76. The van der Waals surface area contributed by atoms with Crippen LogP contribution >= 0.6 is 15.9 Å². The monoisotopic (exact) mass is 208 g/mol. The summed E-state index contributed by atoms with van der Waals surface area (Å²) in [5.41, 5.74) is -0.475. The van der Waals surface area contributed by atoms with Crippen LogP contribution in [0, 0.1) is 0 Å². The molecule has 62 valence electrons. The molecule has 0 heterocycles. The molecule has 0 spiro atoms. The van der Waals surface area contributed by atoms with E-state index < -0.39 is 5.60 Å². The molecule has 0 aliphatic carbocycles. The van der Waals surface area contributed by atoms with E-state index in [2.05, 4.69) is 29.8 Å². The lowest BCUT2D eigenvalue weighted by Crippen LogP contribution is -2.26. The Balaban J connectivity index is 3.63. The third kappa shape index (κ3) is 5.24. The third-order valence-corrected chi connectivity index (χ3v) is 1.83. The van der Waals surface area contributed by atoms with Crippen molar-refractivity contribution in [3.63, 3.8) is 0 Å². The molecular weight excluding hydrogens is 192 g/mol. The molecule has 0 saturated carbocycles. The number of rotatable bonds is 4. The number of aliphatic hydroxyl groups is 1. The smallest absolute Gasteiger partial charge is 0.0630 e. The molecule has 2 heteroatoms. The molecule has 0 aromatic rings. The molecule has 0 aliphatic rings. The zero-order valence-corrected chi connectivity index (χ0v) is 8.61. The Bertz CT molecular complexity index is 89.3. The van der Waals surface area contributed by atoms with Crippen LogP contribution in [-0.4, -0.2) is 15.5 Å². The second-order valence-electron chi connectivity index (χ2n) is 3.23. The van der Waals surface area contributed by atoms with E-state index in [0.29, 0.717) is 4.83 Å².